The Morgan fingerprint density at radius 2 is 2.00 bits per heavy atom. The summed E-state index contributed by atoms with van der Waals surface area (Å²) in [6, 6.07) is 0. The molecule has 0 rings (SSSR count). The molecular weight excluding hydrogens is 126 g/mol. The first kappa shape index (κ1) is 7.76. The lowest BCUT2D eigenvalue weighted by molar-refractivity contribution is -0.127. The molecule has 0 unspecified atom stereocenters. The van der Waals surface area contributed by atoms with Gasteiger partial charge in [-0.25, -0.2) is 0 Å². The summed E-state index contributed by atoms with van der Waals surface area (Å²) in [6.45, 7) is 1.66. The zero-order chi connectivity index (χ0) is 6.73. The Morgan fingerprint density at radius 1 is 1.62 bits per heavy atom. The van der Waals surface area contributed by atoms with Crippen molar-refractivity contribution in [1.82, 2.24) is 4.90 Å². The SMILES string of the molecule is C[C@@H](Cl)C(=O)N(C)C. The smallest absolute Gasteiger partial charge is 0.239 e. The van der Waals surface area contributed by atoms with Gasteiger partial charge in [0.15, 0.2) is 0 Å². The second-order valence-corrected chi connectivity index (χ2v) is 2.50. The number of halogens is 1. The van der Waals surface area contributed by atoms with Gasteiger partial charge in [-0.3, -0.25) is 4.79 Å². The molecule has 1 atom stereocenters. The fourth-order valence-electron chi connectivity index (χ4n) is 0.356. The molecule has 0 bridgehead atoms. The Morgan fingerprint density at radius 3 is 2.00 bits per heavy atom. The van der Waals surface area contributed by atoms with E-state index in [2.05, 4.69) is 0 Å². The molecule has 0 aliphatic carbocycles. The van der Waals surface area contributed by atoms with Gasteiger partial charge in [-0.2, -0.15) is 0 Å². The third kappa shape index (κ3) is 2.17. The zero-order valence-electron chi connectivity index (χ0n) is 5.31. The van der Waals surface area contributed by atoms with E-state index in [1.54, 1.807) is 21.0 Å². The highest BCUT2D eigenvalue weighted by Gasteiger charge is 2.09. The van der Waals surface area contributed by atoms with Crippen LogP contribution in [-0.4, -0.2) is 30.3 Å². The molecule has 0 radical (unpaired) electrons. The third-order valence-corrected chi connectivity index (χ3v) is 0.968. The maximum atomic E-state index is 10.6. The summed E-state index contributed by atoms with van der Waals surface area (Å²) >= 11 is 5.43. The Kier molecular flexibility index (Phi) is 2.84. The molecular formula is C5H10ClNO. The van der Waals surface area contributed by atoms with Crippen molar-refractivity contribution in [3.8, 4) is 0 Å². The van der Waals surface area contributed by atoms with Gasteiger partial charge in [0.2, 0.25) is 5.91 Å². The van der Waals surface area contributed by atoms with E-state index < -0.39 is 5.38 Å². The molecule has 0 fully saturated rings. The summed E-state index contributed by atoms with van der Waals surface area (Å²) in [5.74, 6) is -0.0494. The largest absolute Gasteiger partial charge is 0.348 e. The first-order valence-corrected chi connectivity index (χ1v) is 2.84. The highest BCUT2D eigenvalue weighted by atomic mass is 35.5. The quantitative estimate of drug-likeness (QED) is 0.485. The summed E-state index contributed by atoms with van der Waals surface area (Å²) in [6.07, 6.45) is 0. The molecule has 0 saturated carbocycles. The number of amides is 1. The van der Waals surface area contributed by atoms with Gasteiger partial charge in [-0.15, -0.1) is 11.6 Å². The molecule has 8 heavy (non-hydrogen) atoms. The molecule has 0 aromatic carbocycles. The second kappa shape index (κ2) is 2.92. The Hall–Kier alpha value is -0.240. The van der Waals surface area contributed by atoms with Crippen molar-refractivity contribution in [3.05, 3.63) is 0 Å². The topological polar surface area (TPSA) is 20.3 Å². The summed E-state index contributed by atoms with van der Waals surface area (Å²) in [4.78, 5) is 12.1. The van der Waals surface area contributed by atoms with Gasteiger partial charge in [0.1, 0.15) is 5.38 Å². The Bertz CT molecular complexity index is 80.4. The predicted octanol–water partition coefficient (Wildman–Crippen LogP) is 0.702. The molecule has 3 heteroatoms. The first-order valence-electron chi connectivity index (χ1n) is 2.41. The molecule has 0 saturated heterocycles. The van der Waals surface area contributed by atoms with E-state index in [0.29, 0.717) is 0 Å². The minimum atomic E-state index is -0.398. The van der Waals surface area contributed by atoms with E-state index in [1.165, 1.54) is 4.90 Å². The molecule has 2 nitrogen and oxygen atoms in total. The minimum Gasteiger partial charge on any atom is -0.348 e. The van der Waals surface area contributed by atoms with Crippen molar-refractivity contribution < 1.29 is 4.79 Å². The van der Waals surface area contributed by atoms with Crippen molar-refractivity contribution in [2.45, 2.75) is 12.3 Å². The number of nitrogens with zero attached hydrogens (tertiary/aromatic N) is 1. The zero-order valence-corrected chi connectivity index (χ0v) is 6.07. The van der Waals surface area contributed by atoms with Crippen LogP contribution in [0.5, 0.6) is 0 Å². The second-order valence-electron chi connectivity index (χ2n) is 1.85. The number of rotatable bonds is 1. The highest BCUT2D eigenvalue weighted by Crippen LogP contribution is 1.95. The average molecular weight is 136 g/mol. The van der Waals surface area contributed by atoms with Crippen LogP contribution in [0.25, 0.3) is 0 Å². The standard InChI is InChI=1S/C5H10ClNO/c1-4(6)5(8)7(2)3/h4H,1-3H3/t4-/m1/s1. The van der Waals surface area contributed by atoms with Crippen molar-refractivity contribution in [3.63, 3.8) is 0 Å². The Labute approximate surface area is 54.4 Å². The molecule has 0 aliphatic rings. The van der Waals surface area contributed by atoms with Gasteiger partial charge in [0, 0.05) is 14.1 Å². The number of hydrogen-bond acceptors (Lipinski definition) is 1. The maximum Gasteiger partial charge on any atom is 0.239 e. The van der Waals surface area contributed by atoms with E-state index in [1.807, 2.05) is 0 Å². The van der Waals surface area contributed by atoms with Gasteiger partial charge in [-0.05, 0) is 6.92 Å². The van der Waals surface area contributed by atoms with Crippen molar-refractivity contribution >= 4 is 17.5 Å². The summed E-state index contributed by atoms with van der Waals surface area (Å²) in [5.41, 5.74) is 0. The molecule has 0 spiro atoms. The lowest BCUT2D eigenvalue weighted by Crippen LogP contribution is -2.28. The fraction of sp³-hybridized carbons (Fsp3) is 0.800. The molecule has 1 amide bonds. The van der Waals surface area contributed by atoms with Crippen LogP contribution in [0, 0.1) is 0 Å². The number of hydrogen-bond donors (Lipinski definition) is 0. The number of carbonyl (C=O) groups is 1. The summed E-state index contributed by atoms with van der Waals surface area (Å²) < 4.78 is 0. The lowest BCUT2D eigenvalue weighted by atomic mass is 10.4. The van der Waals surface area contributed by atoms with Crippen LogP contribution < -0.4 is 0 Å². The van der Waals surface area contributed by atoms with Gasteiger partial charge in [0.25, 0.3) is 0 Å². The van der Waals surface area contributed by atoms with Crippen LogP contribution in [0.2, 0.25) is 0 Å². The fourth-order valence-corrected chi connectivity index (χ4v) is 0.551. The van der Waals surface area contributed by atoms with Crippen LogP contribution in [0.15, 0.2) is 0 Å². The van der Waals surface area contributed by atoms with Crippen LogP contribution in [0.4, 0.5) is 0 Å². The van der Waals surface area contributed by atoms with Crippen LogP contribution >= 0.6 is 11.6 Å². The van der Waals surface area contributed by atoms with Gasteiger partial charge in [0.05, 0.1) is 0 Å². The van der Waals surface area contributed by atoms with Gasteiger partial charge in [-0.1, -0.05) is 0 Å². The van der Waals surface area contributed by atoms with E-state index in [9.17, 15) is 4.79 Å². The van der Waals surface area contributed by atoms with Crippen molar-refractivity contribution in [2.75, 3.05) is 14.1 Å². The first-order chi connectivity index (χ1) is 3.55. The third-order valence-electron chi connectivity index (χ3n) is 0.781. The molecule has 0 aromatic heterocycles. The van der Waals surface area contributed by atoms with Gasteiger partial charge < -0.3 is 4.90 Å². The minimum absolute atomic E-state index is 0.0494. The average Bonchev–Trinajstić information content (AvgIpc) is 1.64. The van der Waals surface area contributed by atoms with E-state index in [4.69, 9.17) is 11.6 Å². The Balaban J connectivity index is 3.65. The maximum absolute atomic E-state index is 10.6. The van der Waals surface area contributed by atoms with Crippen molar-refractivity contribution in [2.24, 2.45) is 0 Å². The number of alkyl halides is 1. The normalized spacial score (nSPS) is 13.0. The summed E-state index contributed by atoms with van der Waals surface area (Å²) in [5, 5.41) is -0.398. The van der Waals surface area contributed by atoms with Crippen molar-refractivity contribution in [1.29, 1.82) is 0 Å². The molecule has 0 heterocycles. The highest BCUT2D eigenvalue weighted by molar-refractivity contribution is 6.30. The van der Waals surface area contributed by atoms with Gasteiger partial charge >= 0.3 is 0 Å². The molecule has 0 aliphatic heterocycles. The van der Waals surface area contributed by atoms with E-state index in [0.717, 1.165) is 0 Å². The predicted molar refractivity (Wildman–Crippen MR) is 34.0 cm³/mol. The summed E-state index contributed by atoms with van der Waals surface area (Å²) in [7, 11) is 3.36. The molecule has 0 aromatic rings. The van der Waals surface area contributed by atoms with Crippen LogP contribution in [0.1, 0.15) is 6.92 Å². The molecule has 48 valence electrons. The van der Waals surface area contributed by atoms with E-state index in [-0.39, 0.29) is 5.91 Å². The lowest BCUT2D eigenvalue weighted by Gasteiger charge is -2.10. The van der Waals surface area contributed by atoms with Crippen LogP contribution in [-0.2, 0) is 4.79 Å². The van der Waals surface area contributed by atoms with E-state index >= 15 is 0 Å². The number of carbonyl (C=O) groups excluding carboxylic acids is 1. The van der Waals surface area contributed by atoms with Crippen LogP contribution in [0.3, 0.4) is 0 Å². The molecule has 0 N–H and O–H groups in total. The monoisotopic (exact) mass is 135 g/mol.